The molecule has 1 N–H and O–H groups in total. The molecule has 0 radical (unpaired) electrons. The van der Waals surface area contributed by atoms with Crippen molar-refractivity contribution in [2.45, 2.75) is 25.4 Å². The van der Waals surface area contributed by atoms with Gasteiger partial charge in [-0.05, 0) is 30.4 Å². The summed E-state index contributed by atoms with van der Waals surface area (Å²) in [6.07, 6.45) is 3.78. The molecule has 5 nitrogen and oxygen atoms in total. The van der Waals surface area contributed by atoms with Gasteiger partial charge >= 0.3 is 0 Å². The van der Waals surface area contributed by atoms with Crippen LogP contribution in [0.15, 0.2) is 42.6 Å². The van der Waals surface area contributed by atoms with E-state index in [1.54, 1.807) is 28.9 Å². The molecule has 1 saturated carbocycles. The first-order chi connectivity index (χ1) is 10.7. The van der Waals surface area contributed by atoms with Crippen molar-refractivity contribution in [2.24, 2.45) is 13.0 Å². The molecule has 0 bridgehead atoms. The quantitative estimate of drug-likeness (QED) is 0.885. The average Bonchev–Trinajstić information content (AvgIpc) is 3.28. The number of hydrogen-bond acceptors (Lipinski definition) is 3. The van der Waals surface area contributed by atoms with E-state index in [4.69, 9.17) is 0 Å². The highest BCUT2D eigenvalue weighted by Gasteiger charge is 2.37. The summed E-state index contributed by atoms with van der Waals surface area (Å²) >= 11 is 0. The van der Waals surface area contributed by atoms with Crippen LogP contribution in [0.5, 0.6) is 0 Å². The molecule has 3 rings (SSSR count). The fraction of sp³-hybridized carbons (Fsp3) is 0.412. The van der Waals surface area contributed by atoms with Gasteiger partial charge in [0.25, 0.3) is 5.91 Å². The topological polar surface area (TPSA) is 58.4 Å². The van der Waals surface area contributed by atoms with Crippen molar-refractivity contribution < 1.29 is 9.90 Å². The van der Waals surface area contributed by atoms with Gasteiger partial charge in [-0.25, -0.2) is 0 Å². The number of amides is 1. The maximum absolute atomic E-state index is 12.9. The Hall–Kier alpha value is -2.14. The van der Waals surface area contributed by atoms with Gasteiger partial charge in [0.15, 0.2) is 0 Å². The van der Waals surface area contributed by atoms with Gasteiger partial charge in [0.1, 0.15) is 5.69 Å². The molecular weight excluding hydrogens is 278 g/mol. The van der Waals surface area contributed by atoms with Crippen molar-refractivity contribution in [3.8, 4) is 0 Å². The van der Waals surface area contributed by atoms with Gasteiger partial charge in [0, 0.05) is 19.8 Å². The number of carbonyl (C=O) groups is 1. The third kappa shape index (κ3) is 3.04. The molecule has 1 aromatic carbocycles. The minimum atomic E-state index is -0.123. The Morgan fingerprint density at radius 3 is 2.64 bits per heavy atom. The Morgan fingerprint density at radius 2 is 2.09 bits per heavy atom. The molecule has 0 unspecified atom stereocenters. The summed E-state index contributed by atoms with van der Waals surface area (Å²) in [5.41, 5.74) is 1.62. The molecule has 0 saturated heterocycles. The van der Waals surface area contributed by atoms with Crippen molar-refractivity contribution >= 4 is 5.91 Å². The van der Waals surface area contributed by atoms with Crippen molar-refractivity contribution in [1.29, 1.82) is 0 Å². The van der Waals surface area contributed by atoms with E-state index in [9.17, 15) is 9.90 Å². The van der Waals surface area contributed by atoms with Crippen LogP contribution >= 0.6 is 0 Å². The van der Waals surface area contributed by atoms with Gasteiger partial charge in [-0.3, -0.25) is 9.48 Å². The van der Waals surface area contributed by atoms with Crippen LogP contribution in [0.25, 0.3) is 0 Å². The predicted molar refractivity (Wildman–Crippen MR) is 83.1 cm³/mol. The number of aryl methyl sites for hydroxylation is 1. The fourth-order valence-electron chi connectivity index (χ4n) is 2.83. The molecular formula is C17H21N3O2. The van der Waals surface area contributed by atoms with Gasteiger partial charge < -0.3 is 10.0 Å². The van der Waals surface area contributed by atoms with Crippen LogP contribution in [0.3, 0.4) is 0 Å². The first kappa shape index (κ1) is 14.8. The summed E-state index contributed by atoms with van der Waals surface area (Å²) in [5, 5.41) is 13.9. The predicted octanol–water partition coefficient (Wildman–Crippen LogP) is 1.83. The van der Waals surface area contributed by atoms with Crippen molar-refractivity contribution in [3.63, 3.8) is 0 Å². The molecule has 116 valence electrons. The minimum absolute atomic E-state index is 0.00108. The monoisotopic (exact) mass is 299 g/mol. The summed E-state index contributed by atoms with van der Waals surface area (Å²) in [6.45, 7) is 0.508. The maximum atomic E-state index is 12.9. The third-order valence-corrected chi connectivity index (χ3v) is 4.25. The van der Waals surface area contributed by atoms with Gasteiger partial charge in [-0.2, -0.15) is 5.10 Å². The molecule has 1 fully saturated rings. The van der Waals surface area contributed by atoms with Gasteiger partial charge in [0.05, 0.1) is 12.6 Å². The highest BCUT2D eigenvalue weighted by Crippen LogP contribution is 2.36. The van der Waals surface area contributed by atoms with Crippen molar-refractivity contribution in [2.75, 3.05) is 6.61 Å². The normalized spacial score (nSPS) is 15.5. The molecule has 1 heterocycles. The number of benzene rings is 1. The van der Waals surface area contributed by atoms with Crippen molar-refractivity contribution in [1.82, 2.24) is 14.7 Å². The molecule has 1 amide bonds. The van der Waals surface area contributed by atoms with E-state index in [2.05, 4.69) is 5.10 Å². The number of hydrogen-bond donors (Lipinski definition) is 1. The standard InChI is InChI=1S/C17H21N3O2/c1-19-15(9-10-18-19)17(22)20(16(12-21)14-7-8-14)11-13-5-3-2-4-6-13/h2-6,9-10,14,16,21H,7-8,11-12H2,1H3/t16-/m1/s1. The lowest BCUT2D eigenvalue weighted by Gasteiger charge is -2.31. The lowest BCUT2D eigenvalue weighted by atomic mass is 10.1. The molecule has 1 aliphatic carbocycles. The van der Waals surface area contributed by atoms with Crippen LogP contribution in [-0.4, -0.2) is 38.3 Å². The largest absolute Gasteiger partial charge is 0.394 e. The number of rotatable bonds is 6. The number of aromatic nitrogens is 2. The Balaban J connectivity index is 1.88. The fourth-order valence-corrected chi connectivity index (χ4v) is 2.83. The Kier molecular flexibility index (Phi) is 4.24. The first-order valence-corrected chi connectivity index (χ1v) is 7.64. The third-order valence-electron chi connectivity index (χ3n) is 4.25. The molecule has 1 atom stereocenters. The molecule has 2 aromatic rings. The Morgan fingerprint density at radius 1 is 1.36 bits per heavy atom. The van der Waals surface area contributed by atoms with Crippen LogP contribution in [0.1, 0.15) is 28.9 Å². The summed E-state index contributed by atoms with van der Waals surface area (Å²) in [5.74, 6) is 0.334. The van der Waals surface area contributed by atoms with Crippen LogP contribution < -0.4 is 0 Å². The summed E-state index contributed by atoms with van der Waals surface area (Å²) < 4.78 is 1.58. The van der Waals surface area contributed by atoms with E-state index in [-0.39, 0.29) is 18.6 Å². The zero-order valence-corrected chi connectivity index (χ0v) is 12.7. The van der Waals surface area contributed by atoms with E-state index in [0.717, 1.165) is 18.4 Å². The van der Waals surface area contributed by atoms with Crippen LogP contribution in [-0.2, 0) is 13.6 Å². The SMILES string of the molecule is Cn1nccc1C(=O)N(Cc1ccccc1)[C@H](CO)C1CC1. The lowest BCUT2D eigenvalue weighted by Crippen LogP contribution is -2.44. The smallest absolute Gasteiger partial charge is 0.272 e. The molecule has 1 aliphatic rings. The van der Waals surface area contributed by atoms with E-state index < -0.39 is 0 Å². The lowest BCUT2D eigenvalue weighted by molar-refractivity contribution is 0.0520. The second kappa shape index (κ2) is 6.32. The van der Waals surface area contributed by atoms with Crippen LogP contribution in [0.4, 0.5) is 0 Å². The number of aliphatic hydroxyl groups is 1. The second-order valence-corrected chi connectivity index (χ2v) is 5.85. The van der Waals surface area contributed by atoms with E-state index >= 15 is 0 Å². The highest BCUT2D eigenvalue weighted by atomic mass is 16.3. The van der Waals surface area contributed by atoms with Crippen molar-refractivity contribution in [3.05, 3.63) is 53.9 Å². The number of nitrogens with zero attached hydrogens (tertiary/aromatic N) is 3. The molecule has 5 heteroatoms. The second-order valence-electron chi connectivity index (χ2n) is 5.85. The minimum Gasteiger partial charge on any atom is -0.394 e. The van der Waals surface area contributed by atoms with Crippen LogP contribution in [0.2, 0.25) is 0 Å². The van der Waals surface area contributed by atoms with Gasteiger partial charge in [0.2, 0.25) is 0 Å². The molecule has 0 aliphatic heterocycles. The zero-order chi connectivity index (χ0) is 15.5. The summed E-state index contributed by atoms with van der Waals surface area (Å²) in [4.78, 5) is 14.7. The number of aliphatic hydroxyl groups excluding tert-OH is 1. The summed E-state index contributed by atoms with van der Waals surface area (Å²) in [7, 11) is 1.76. The first-order valence-electron chi connectivity index (χ1n) is 7.64. The molecule has 1 aromatic heterocycles. The van der Waals surface area contributed by atoms with Crippen LogP contribution in [0, 0.1) is 5.92 Å². The Bertz CT molecular complexity index is 634. The summed E-state index contributed by atoms with van der Waals surface area (Å²) in [6, 6.07) is 11.5. The maximum Gasteiger partial charge on any atom is 0.272 e. The van der Waals surface area contributed by atoms with E-state index in [0.29, 0.717) is 18.2 Å². The molecule has 0 spiro atoms. The van der Waals surface area contributed by atoms with Gasteiger partial charge in [-0.15, -0.1) is 0 Å². The number of carbonyl (C=O) groups excluding carboxylic acids is 1. The zero-order valence-electron chi connectivity index (χ0n) is 12.7. The van der Waals surface area contributed by atoms with E-state index in [1.165, 1.54) is 0 Å². The van der Waals surface area contributed by atoms with E-state index in [1.807, 2.05) is 30.3 Å². The average molecular weight is 299 g/mol. The highest BCUT2D eigenvalue weighted by molar-refractivity contribution is 5.92. The Labute approximate surface area is 130 Å². The molecule has 22 heavy (non-hydrogen) atoms. The van der Waals surface area contributed by atoms with Gasteiger partial charge in [-0.1, -0.05) is 30.3 Å².